The van der Waals surface area contributed by atoms with Gasteiger partial charge in [-0.05, 0) is 82.6 Å². The fraction of sp³-hybridized carbons (Fsp3) is 0.129. The molecule has 0 bridgehead atoms. The van der Waals surface area contributed by atoms with Gasteiger partial charge in [0.15, 0.2) is 0 Å². The molecule has 0 radical (unpaired) electrons. The van der Waals surface area contributed by atoms with Gasteiger partial charge in [-0.25, -0.2) is 8.78 Å². The summed E-state index contributed by atoms with van der Waals surface area (Å²) in [5.41, 5.74) is 8.92. The van der Waals surface area contributed by atoms with E-state index in [9.17, 15) is 0 Å². The minimum atomic E-state index is -0.595. The Morgan fingerprint density at radius 3 is 1.13 bits per heavy atom. The Bertz CT molecular complexity index is 4170. The van der Waals surface area contributed by atoms with Gasteiger partial charge in [0.25, 0.3) is 0 Å². The summed E-state index contributed by atoms with van der Waals surface area (Å²) in [7, 11) is 0. The molecule has 4 heterocycles. The van der Waals surface area contributed by atoms with Crippen LogP contribution in [0.5, 0.6) is 0 Å². The van der Waals surface area contributed by atoms with Crippen LogP contribution in [0.4, 0.5) is 8.78 Å². The number of hydrogen-bond donors (Lipinski definition) is 0. The summed E-state index contributed by atoms with van der Waals surface area (Å²) in [5, 5.41) is 9.37. The zero-order valence-corrected chi connectivity index (χ0v) is 40.3. The molecule has 13 rings (SSSR count). The second kappa shape index (κ2) is 14.7. The molecule has 0 N–H and O–H groups in total. The van der Waals surface area contributed by atoms with Crippen molar-refractivity contribution in [2.45, 2.75) is 52.4 Å². The van der Waals surface area contributed by atoms with E-state index in [0.717, 1.165) is 71.9 Å². The van der Waals surface area contributed by atoms with Crippen molar-refractivity contribution in [3.63, 3.8) is 0 Å². The van der Waals surface area contributed by atoms with E-state index in [1.807, 2.05) is 35.6 Å². The molecule has 6 heteroatoms. The smallest absolute Gasteiger partial charge is 0.131 e. The monoisotopic (exact) mass is 920 g/mol. The molecule has 13 aromatic rings. The minimum Gasteiger partial charge on any atom is -0.309 e. The Labute approximate surface area is 400 Å². The van der Waals surface area contributed by atoms with E-state index in [1.165, 1.54) is 45.7 Å². The van der Waals surface area contributed by atoms with Crippen LogP contribution in [0.3, 0.4) is 0 Å². The Balaban J connectivity index is 1.35. The zero-order valence-electron chi connectivity index (χ0n) is 38.6. The third kappa shape index (κ3) is 5.77. The van der Waals surface area contributed by atoms with Crippen molar-refractivity contribution in [2.24, 2.45) is 0 Å². The highest BCUT2D eigenvalue weighted by molar-refractivity contribution is 7.26. The average molecular weight is 921 g/mol. The maximum Gasteiger partial charge on any atom is 0.131 e. The lowest BCUT2D eigenvalue weighted by Gasteiger charge is -2.38. The minimum absolute atomic E-state index is 0.339. The fourth-order valence-electron chi connectivity index (χ4n) is 11.5. The summed E-state index contributed by atoms with van der Waals surface area (Å²) in [5.74, 6) is -0.678. The third-order valence-corrected chi connectivity index (χ3v) is 16.3. The van der Waals surface area contributed by atoms with Crippen LogP contribution in [-0.2, 0) is 10.8 Å². The summed E-state index contributed by atoms with van der Waals surface area (Å²) in [6.45, 7) is 13.5. The SMILES string of the molecule is CC(C)(C)c1c(-c2ccccc2F)c(-n2c3ccccc3c3c4c(ccc32)sc2ccccc24)c(-c2ccccc2F)c(C(C)(C)C)c1-n1c2ccccc2c2c3c(ccc21)sc1ccccc13. The number of thiophene rings is 2. The summed E-state index contributed by atoms with van der Waals surface area (Å²) in [6, 6.07) is 58.0. The predicted octanol–water partition coefficient (Wildman–Crippen LogP) is 18.8. The van der Waals surface area contributed by atoms with E-state index in [-0.39, 0.29) is 11.6 Å². The van der Waals surface area contributed by atoms with Crippen molar-refractivity contribution in [3.05, 3.63) is 193 Å². The van der Waals surface area contributed by atoms with Crippen molar-refractivity contribution in [1.29, 1.82) is 0 Å². The lowest BCUT2D eigenvalue weighted by Crippen LogP contribution is -2.26. The number of nitrogens with zero attached hydrogens (tertiary/aromatic N) is 2. The van der Waals surface area contributed by atoms with E-state index in [2.05, 4.69) is 172 Å². The molecule has 0 aliphatic rings. The first-order valence-corrected chi connectivity index (χ1v) is 25.0. The standard InChI is InChI=1S/C62H46F2N2S2/c1-61(2,3)57-55(35-19-7-13-25-41(35)63)59(65-43-27-15-9-21-37(43)51-45(65)31-33-49-53(51)39-23-11-17-29-47(39)67-49)56(36-20-8-14-26-42(36)64)58(62(4,5)6)60(57)66-44-28-16-10-22-38(44)52-46(66)32-34-50-54(52)40-24-12-18-30-48(40)68-50/h7-34H,1-6H3. The summed E-state index contributed by atoms with van der Waals surface area (Å²) < 4.78 is 44.8. The molecule has 0 amide bonds. The zero-order chi connectivity index (χ0) is 46.4. The van der Waals surface area contributed by atoms with E-state index in [1.54, 1.807) is 35.6 Å². The lowest BCUT2D eigenvalue weighted by molar-refractivity contribution is 0.564. The molecule has 0 unspecified atom stereocenters. The van der Waals surface area contributed by atoms with E-state index >= 15 is 8.78 Å². The highest BCUT2D eigenvalue weighted by Crippen LogP contribution is 2.56. The number of aromatic nitrogens is 2. The highest BCUT2D eigenvalue weighted by Gasteiger charge is 2.39. The van der Waals surface area contributed by atoms with Crippen LogP contribution in [0, 0.1) is 11.6 Å². The largest absolute Gasteiger partial charge is 0.309 e. The summed E-state index contributed by atoms with van der Waals surface area (Å²) in [6.07, 6.45) is 0. The molecule has 0 spiro atoms. The highest BCUT2D eigenvalue weighted by atomic mass is 32.1. The van der Waals surface area contributed by atoms with Gasteiger partial charge in [0.2, 0.25) is 0 Å². The van der Waals surface area contributed by atoms with E-state index < -0.39 is 10.8 Å². The van der Waals surface area contributed by atoms with Crippen molar-refractivity contribution < 1.29 is 8.78 Å². The lowest BCUT2D eigenvalue weighted by atomic mass is 9.71. The van der Waals surface area contributed by atoms with Gasteiger partial charge in [-0.15, -0.1) is 22.7 Å². The van der Waals surface area contributed by atoms with Crippen LogP contribution in [0.2, 0.25) is 0 Å². The molecular weight excluding hydrogens is 875 g/mol. The van der Waals surface area contributed by atoms with Gasteiger partial charge in [0.1, 0.15) is 11.6 Å². The Hall–Kier alpha value is -7.12. The number of fused-ring (bicyclic) bond motifs is 14. The molecule has 0 fully saturated rings. The summed E-state index contributed by atoms with van der Waals surface area (Å²) in [4.78, 5) is 0. The van der Waals surface area contributed by atoms with Gasteiger partial charge < -0.3 is 9.13 Å². The topological polar surface area (TPSA) is 9.86 Å². The second-order valence-corrected chi connectivity index (χ2v) is 22.4. The maximum absolute atomic E-state index is 17.6. The van der Waals surface area contributed by atoms with Crippen LogP contribution < -0.4 is 0 Å². The average Bonchev–Trinajstić information content (AvgIpc) is 4.08. The van der Waals surface area contributed by atoms with Gasteiger partial charge >= 0.3 is 0 Å². The van der Waals surface area contributed by atoms with Gasteiger partial charge in [-0.3, -0.25) is 0 Å². The quantitative estimate of drug-likeness (QED) is 0.166. The molecule has 0 aliphatic carbocycles. The molecule has 9 aromatic carbocycles. The Morgan fingerprint density at radius 1 is 0.338 bits per heavy atom. The van der Waals surface area contributed by atoms with Crippen LogP contribution in [0.25, 0.3) is 118 Å². The molecular formula is C62H46F2N2S2. The van der Waals surface area contributed by atoms with Crippen LogP contribution >= 0.6 is 22.7 Å². The Morgan fingerprint density at radius 2 is 0.706 bits per heavy atom. The van der Waals surface area contributed by atoms with Gasteiger partial charge in [-0.2, -0.15) is 0 Å². The fourth-order valence-corrected chi connectivity index (χ4v) is 13.7. The molecule has 2 nitrogen and oxygen atoms in total. The molecule has 330 valence electrons. The number of benzene rings is 9. The number of halogens is 2. The van der Waals surface area contributed by atoms with Crippen LogP contribution in [-0.4, -0.2) is 9.13 Å². The second-order valence-electron chi connectivity index (χ2n) is 20.2. The van der Waals surface area contributed by atoms with Gasteiger partial charge in [-0.1, -0.05) is 151 Å². The van der Waals surface area contributed by atoms with Gasteiger partial charge in [0, 0.05) is 84.1 Å². The molecule has 0 saturated heterocycles. The molecule has 0 saturated carbocycles. The first kappa shape index (κ1) is 41.1. The molecule has 68 heavy (non-hydrogen) atoms. The molecule has 4 aromatic heterocycles. The van der Waals surface area contributed by atoms with Crippen molar-refractivity contribution >= 4 is 107 Å². The summed E-state index contributed by atoms with van der Waals surface area (Å²) >= 11 is 3.62. The maximum atomic E-state index is 17.6. The van der Waals surface area contributed by atoms with Gasteiger partial charge in [0.05, 0.1) is 33.4 Å². The number of rotatable bonds is 4. The first-order chi connectivity index (χ1) is 32.9. The predicted molar refractivity (Wildman–Crippen MR) is 289 cm³/mol. The van der Waals surface area contributed by atoms with Crippen molar-refractivity contribution in [3.8, 4) is 33.6 Å². The normalized spacial score (nSPS) is 12.7. The first-order valence-electron chi connectivity index (χ1n) is 23.3. The van der Waals surface area contributed by atoms with Crippen molar-refractivity contribution in [2.75, 3.05) is 0 Å². The number of hydrogen-bond acceptors (Lipinski definition) is 2. The number of para-hydroxylation sites is 2. The Kier molecular flexibility index (Phi) is 8.88. The van der Waals surface area contributed by atoms with E-state index in [4.69, 9.17) is 0 Å². The van der Waals surface area contributed by atoms with Crippen LogP contribution in [0.15, 0.2) is 170 Å². The van der Waals surface area contributed by atoms with Crippen molar-refractivity contribution in [1.82, 2.24) is 9.13 Å². The molecule has 0 atom stereocenters. The third-order valence-electron chi connectivity index (χ3n) is 14.0. The van der Waals surface area contributed by atoms with Crippen LogP contribution in [0.1, 0.15) is 52.7 Å². The molecule has 0 aliphatic heterocycles. The van der Waals surface area contributed by atoms with E-state index in [0.29, 0.717) is 11.1 Å².